The van der Waals surface area contributed by atoms with Gasteiger partial charge >= 0.3 is 0 Å². The third kappa shape index (κ3) is 1.64. The number of hydrazone groups is 1. The highest BCUT2D eigenvalue weighted by Gasteiger charge is 2.21. The van der Waals surface area contributed by atoms with Gasteiger partial charge in [-0.25, -0.2) is 0 Å². The summed E-state index contributed by atoms with van der Waals surface area (Å²) >= 11 is 0. The molecule has 0 aromatic carbocycles. The van der Waals surface area contributed by atoms with E-state index < -0.39 is 0 Å². The Kier molecular flexibility index (Phi) is 2.74. The quantitative estimate of drug-likeness (QED) is 0.612. The molecule has 1 atom stereocenters. The van der Waals surface area contributed by atoms with E-state index in [0.29, 0.717) is 6.17 Å². The molecule has 0 bridgehead atoms. The molecule has 0 aliphatic carbocycles. The van der Waals surface area contributed by atoms with Crippen molar-refractivity contribution < 1.29 is 0 Å². The van der Waals surface area contributed by atoms with Crippen LogP contribution in [-0.4, -0.2) is 36.0 Å². The Bertz CT molecular complexity index is 144. The zero-order valence-corrected chi connectivity index (χ0v) is 7.62. The molecule has 1 unspecified atom stereocenters. The van der Waals surface area contributed by atoms with Gasteiger partial charge in [0.1, 0.15) is 12.5 Å². The van der Waals surface area contributed by atoms with Gasteiger partial charge in [0.2, 0.25) is 0 Å². The van der Waals surface area contributed by atoms with E-state index in [2.05, 4.69) is 35.9 Å². The van der Waals surface area contributed by atoms with E-state index in [1.165, 1.54) is 12.8 Å². The second-order valence-electron chi connectivity index (χ2n) is 2.92. The van der Waals surface area contributed by atoms with Crippen LogP contribution in [0.1, 0.15) is 26.7 Å². The van der Waals surface area contributed by atoms with Gasteiger partial charge in [0.05, 0.1) is 0 Å². The van der Waals surface area contributed by atoms with E-state index in [9.17, 15) is 0 Å². The first kappa shape index (κ1) is 8.37. The molecule has 1 rings (SSSR count). The molecule has 0 fully saturated rings. The molecule has 0 aromatic rings. The van der Waals surface area contributed by atoms with Gasteiger partial charge in [-0.1, -0.05) is 13.3 Å². The Hall–Kier alpha value is -0.730. The predicted octanol–water partition coefficient (Wildman–Crippen LogP) is 1.32. The zero-order valence-electron chi connectivity index (χ0n) is 7.62. The van der Waals surface area contributed by atoms with Crippen molar-refractivity contribution in [2.75, 3.05) is 13.6 Å². The van der Waals surface area contributed by atoms with E-state index >= 15 is 0 Å². The van der Waals surface area contributed by atoms with Gasteiger partial charge in [0.15, 0.2) is 0 Å². The second kappa shape index (κ2) is 3.60. The predicted molar refractivity (Wildman–Crippen MR) is 47.3 cm³/mol. The average molecular weight is 155 g/mol. The van der Waals surface area contributed by atoms with Crippen LogP contribution in [-0.2, 0) is 0 Å². The molecule has 0 spiro atoms. The van der Waals surface area contributed by atoms with Crippen LogP contribution in [0.5, 0.6) is 0 Å². The SMILES string of the molecule is CCCC1N(C)C=NN1CC. The number of nitrogens with zero attached hydrogens (tertiary/aromatic N) is 3. The second-order valence-corrected chi connectivity index (χ2v) is 2.92. The lowest BCUT2D eigenvalue weighted by molar-refractivity contribution is 0.144. The maximum atomic E-state index is 4.27. The maximum absolute atomic E-state index is 4.27. The molecule has 1 heterocycles. The number of hydrogen-bond acceptors (Lipinski definition) is 3. The van der Waals surface area contributed by atoms with Crippen LogP contribution in [0.3, 0.4) is 0 Å². The summed E-state index contributed by atoms with van der Waals surface area (Å²) < 4.78 is 0. The Morgan fingerprint density at radius 2 is 2.18 bits per heavy atom. The number of rotatable bonds is 3. The van der Waals surface area contributed by atoms with E-state index in [1.54, 1.807) is 0 Å². The largest absolute Gasteiger partial charge is 0.343 e. The lowest BCUT2D eigenvalue weighted by Gasteiger charge is -2.26. The van der Waals surface area contributed by atoms with Crippen LogP contribution >= 0.6 is 0 Å². The first-order valence-electron chi connectivity index (χ1n) is 4.32. The fourth-order valence-corrected chi connectivity index (χ4v) is 1.42. The van der Waals surface area contributed by atoms with Crippen molar-refractivity contribution >= 4 is 6.34 Å². The minimum Gasteiger partial charge on any atom is -0.343 e. The van der Waals surface area contributed by atoms with Crippen LogP contribution in [0.4, 0.5) is 0 Å². The van der Waals surface area contributed by atoms with Gasteiger partial charge in [-0.2, -0.15) is 5.10 Å². The lowest BCUT2D eigenvalue weighted by Crippen LogP contribution is -2.36. The molecule has 1 aliphatic heterocycles. The summed E-state index contributed by atoms with van der Waals surface area (Å²) in [6, 6.07) is 0. The number of hydrogen-bond donors (Lipinski definition) is 0. The third-order valence-electron chi connectivity index (χ3n) is 2.07. The molecule has 11 heavy (non-hydrogen) atoms. The molecule has 0 amide bonds. The fraction of sp³-hybridized carbons (Fsp3) is 0.875. The first-order valence-corrected chi connectivity index (χ1v) is 4.32. The minimum absolute atomic E-state index is 0.505. The van der Waals surface area contributed by atoms with Crippen LogP contribution in [0.15, 0.2) is 5.10 Å². The normalized spacial score (nSPS) is 23.4. The van der Waals surface area contributed by atoms with Gasteiger partial charge in [0.25, 0.3) is 0 Å². The Balaban J connectivity index is 2.47. The Labute approximate surface area is 68.7 Å². The van der Waals surface area contributed by atoms with Gasteiger partial charge in [-0.3, -0.25) is 5.01 Å². The van der Waals surface area contributed by atoms with Gasteiger partial charge in [-0.15, -0.1) is 0 Å². The first-order chi connectivity index (χ1) is 5.29. The highest BCUT2D eigenvalue weighted by Crippen LogP contribution is 2.14. The average Bonchev–Trinajstić information content (AvgIpc) is 2.34. The van der Waals surface area contributed by atoms with Gasteiger partial charge < -0.3 is 4.90 Å². The summed E-state index contributed by atoms with van der Waals surface area (Å²) in [7, 11) is 2.08. The molecule has 1 aliphatic rings. The monoisotopic (exact) mass is 155 g/mol. The summed E-state index contributed by atoms with van der Waals surface area (Å²) in [6.45, 7) is 5.35. The molecule has 3 nitrogen and oxygen atoms in total. The molecule has 3 heteroatoms. The highest BCUT2D eigenvalue weighted by atomic mass is 15.6. The van der Waals surface area contributed by atoms with Crippen molar-refractivity contribution in [1.82, 2.24) is 9.91 Å². The maximum Gasteiger partial charge on any atom is 0.118 e. The molecule has 0 aromatic heterocycles. The third-order valence-corrected chi connectivity index (χ3v) is 2.07. The van der Waals surface area contributed by atoms with Crippen molar-refractivity contribution in [1.29, 1.82) is 0 Å². The van der Waals surface area contributed by atoms with Crippen molar-refractivity contribution in [3.05, 3.63) is 0 Å². The fourth-order valence-electron chi connectivity index (χ4n) is 1.42. The molecule has 0 saturated carbocycles. The summed E-state index contributed by atoms with van der Waals surface area (Å²) in [5.41, 5.74) is 0. The van der Waals surface area contributed by atoms with Crippen molar-refractivity contribution in [3.8, 4) is 0 Å². The molecule has 64 valence electrons. The Morgan fingerprint density at radius 3 is 2.73 bits per heavy atom. The molecule has 0 saturated heterocycles. The van der Waals surface area contributed by atoms with Crippen molar-refractivity contribution in [2.24, 2.45) is 5.10 Å². The molecule has 0 N–H and O–H groups in total. The van der Waals surface area contributed by atoms with Gasteiger partial charge in [0, 0.05) is 13.6 Å². The Morgan fingerprint density at radius 1 is 1.45 bits per heavy atom. The smallest absolute Gasteiger partial charge is 0.118 e. The highest BCUT2D eigenvalue weighted by molar-refractivity contribution is 5.56. The molecular weight excluding hydrogens is 138 g/mol. The summed E-state index contributed by atoms with van der Waals surface area (Å²) in [5, 5.41) is 6.40. The van der Waals surface area contributed by atoms with Crippen LogP contribution in [0.25, 0.3) is 0 Å². The topological polar surface area (TPSA) is 18.8 Å². The summed E-state index contributed by atoms with van der Waals surface area (Å²) in [6.07, 6.45) is 4.83. The van der Waals surface area contributed by atoms with E-state index in [4.69, 9.17) is 0 Å². The molecular formula is C8H17N3. The van der Waals surface area contributed by atoms with Gasteiger partial charge in [-0.05, 0) is 13.3 Å². The summed E-state index contributed by atoms with van der Waals surface area (Å²) in [4.78, 5) is 2.17. The van der Waals surface area contributed by atoms with E-state index in [1.807, 2.05) is 6.34 Å². The lowest BCUT2D eigenvalue weighted by atomic mass is 10.2. The van der Waals surface area contributed by atoms with Crippen LogP contribution in [0.2, 0.25) is 0 Å². The summed E-state index contributed by atoms with van der Waals surface area (Å²) in [5.74, 6) is 0. The molecule has 0 radical (unpaired) electrons. The van der Waals surface area contributed by atoms with Crippen LogP contribution in [0, 0.1) is 0 Å². The minimum atomic E-state index is 0.505. The zero-order chi connectivity index (χ0) is 8.27. The van der Waals surface area contributed by atoms with Crippen LogP contribution < -0.4 is 0 Å². The van der Waals surface area contributed by atoms with E-state index in [0.717, 1.165) is 6.54 Å². The van der Waals surface area contributed by atoms with Crippen molar-refractivity contribution in [3.63, 3.8) is 0 Å². The standard InChI is InChI=1S/C8H17N3/c1-4-6-8-10(3)7-9-11(8)5-2/h7-8H,4-6H2,1-3H3. The van der Waals surface area contributed by atoms with Crippen molar-refractivity contribution in [2.45, 2.75) is 32.9 Å². The van der Waals surface area contributed by atoms with E-state index in [-0.39, 0.29) is 0 Å².